The maximum atomic E-state index is 5.59. The minimum absolute atomic E-state index is 0.0514. The molecule has 142 valence electrons. The van der Waals surface area contributed by atoms with Crippen molar-refractivity contribution in [2.24, 2.45) is 10.4 Å². The summed E-state index contributed by atoms with van der Waals surface area (Å²) in [5.74, 6) is 1.49. The van der Waals surface area contributed by atoms with E-state index in [1.54, 1.807) is 7.11 Å². The Morgan fingerprint density at radius 2 is 1.96 bits per heavy atom. The molecule has 6 heteroatoms. The Balaban J connectivity index is 1.99. The minimum Gasteiger partial charge on any atom is -0.379 e. The molecule has 0 aliphatic heterocycles. The zero-order valence-corrected chi connectivity index (χ0v) is 16.4. The molecule has 0 spiro atoms. The average Bonchev–Trinajstić information content (AvgIpc) is 3.08. The summed E-state index contributed by atoms with van der Waals surface area (Å²) >= 11 is 0. The SMILES string of the molecule is CCNC(=NCc1cc(-c2ccccc2)on1)NCC(OC)C(C)(C)C. The van der Waals surface area contributed by atoms with Crippen molar-refractivity contribution < 1.29 is 9.26 Å². The van der Waals surface area contributed by atoms with Crippen LogP contribution in [0.4, 0.5) is 0 Å². The predicted octanol–water partition coefficient (Wildman–Crippen LogP) is 3.46. The van der Waals surface area contributed by atoms with E-state index in [0.717, 1.165) is 29.5 Å². The lowest BCUT2D eigenvalue weighted by molar-refractivity contribution is 0.0205. The minimum atomic E-state index is 0.0514. The second kappa shape index (κ2) is 9.38. The van der Waals surface area contributed by atoms with E-state index in [-0.39, 0.29) is 11.5 Å². The van der Waals surface area contributed by atoms with Gasteiger partial charge in [0.15, 0.2) is 11.7 Å². The van der Waals surface area contributed by atoms with Crippen molar-refractivity contribution in [2.75, 3.05) is 20.2 Å². The first-order chi connectivity index (χ1) is 12.4. The fourth-order valence-electron chi connectivity index (χ4n) is 2.56. The summed E-state index contributed by atoms with van der Waals surface area (Å²) in [6, 6.07) is 11.8. The third-order valence-corrected chi connectivity index (χ3v) is 4.07. The van der Waals surface area contributed by atoms with Crippen LogP contribution < -0.4 is 10.6 Å². The van der Waals surface area contributed by atoms with Gasteiger partial charge in [-0.3, -0.25) is 0 Å². The number of hydrogen-bond acceptors (Lipinski definition) is 4. The molecule has 2 aromatic rings. The molecule has 2 rings (SSSR count). The van der Waals surface area contributed by atoms with Crippen molar-refractivity contribution in [3.05, 3.63) is 42.1 Å². The number of nitrogens with zero attached hydrogens (tertiary/aromatic N) is 2. The Morgan fingerprint density at radius 1 is 1.23 bits per heavy atom. The Hall–Kier alpha value is -2.34. The second-order valence-electron chi connectivity index (χ2n) is 7.21. The van der Waals surface area contributed by atoms with Gasteiger partial charge in [0.05, 0.1) is 12.6 Å². The van der Waals surface area contributed by atoms with Crippen LogP contribution in [0.3, 0.4) is 0 Å². The third kappa shape index (κ3) is 5.88. The van der Waals surface area contributed by atoms with Crippen LogP contribution in [0.5, 0.6) is 0 Å². The van der Waals surface area contributed by atoms with E-state index < -0.39 is 0 Å². The molecule has 0 aliphatic carbocycles. The maximum absolute atomic E-state index is 5.59. The molecule has 1 heterocycles. The van der Waals surface area contributed by atoms with Crippen LogP contribution in [0, 0.1) is 5.41 Å². The normalized spacial score (nSPS) is 13.5. The molecule has 0 fully saturated rings. The monoisotopic (exact) mass is 358 g/mol. The summed E-state index contributed by atoms with van der Waals surface area (Å²) in [6.07, 6.45) is 0.0862. The van der Waals surface area contributed by atoms with Crippen LogP contribution in [0.2, 0.25) is 0 Å². The Kier molecular flexibility index (Phi) is 7.21. The molecule has 1 atom stereocenters. The van der Waals surface area contributed by atoms with Crippen LogP contribution in [0.25, 0.3) is 11.3 Å². The van der Waals surface area contributed by atoms with Gasteiger partial charge in [0, 0.05) is 31.8 Å². The quantitative estimate of drug-likeness (QED) is 0.586. The van der Waals surface area contributed by atoms with Crippen LogP contribution in [0.15, 0.2) is 45.9 Å². The molecule has 1 aromatic carbocycles. The standard InChI is InChI=1S/C20H30N4O2/c1-6-21-19(23-14-18(25-5)20(2,3)4)22-13-16-12-17(26-24-16)15-10-8-7-9-11-15/h7-12,18H,6,13-14H2,1-5H3,(H2,21,22,23). The van der Waals surface area contributed by atoms with Gasteiger partial charge in [0.2, 0.25) is 0 Å². The van der Waals surface area contributed by atoms with Crippen molar-refractivity contribution >= 4 is 5.96 Å². The average molecular weight is 358 g/mol. The van der Waals surface area contributed by atoms with Gasteiger partial charge in [-0.1, -0.05) is 56.3 Å². The highest BCUT2D eigenvalue weighted by Crippen LogP contribution is 2.21. The summed E-state index contributed by atoms with van der Waals surface area (Å²) in [5.41, 5.74) is 1.85. The molecule has 0 saturated carbocycles. The molecule has 2 N–H and O–H groups in total. The molecule has 0 aliphatic rings. The van der Waals surface area contributed by atoms with Gasteiger partial charge in [-0.05, 0) is 12.3 Å². The first kappa shape index (κ1) is 20.0. The van der Waals surface area contributed by atoms with Crippen LogP contribution in [-0.2, 0) is 11.3 Å². The van der Waals surface area contributed by atoms with Gasteiger partial charge in [-0.2, -0.15) is 0 Å². The lowest BCUT2D eigenvalue weighted by Crippen LogP contribution is -2.45. The van der Waals surface area contributed by atoms with Gasteiger partial charge in [-0.25, -0.2) is 4.99 Å². The third-order valence-electron chi connectivity index (χ3n) is 4.07. The number of aliphatic imine (C=N–C) groups is 1. The molecular formula is C20H30N4O2. The summed E-state index contributed by atoms with van der Waals surface area (Å²) in [5, 5.41) is 10.7. The summed E-state index contributed by atoms with van der Waals surface area (Å²) in [6.45, 7) is 10.4. The van der Waals surface area contributed by atoms with Gasteiger partial charge >= 0.3 is 0 Å². The molecule has 26 heavy (non-hydrogen) atoms. The number of ether oxygens (including phenoxy) is 1. The van der Waals surface area contributed by atoms with Crippen molar-refractivity contribution in [2.45, 2.75) is 40.3 Å². The summed E-state index contributed by atoms with van der Waals surface area (Å²) in [4.78, 5) is 4.60. The molecular weight excluding hydrogens is 328 g/mol. The highest BCUT2D eigenvalue weighted by Gasteiger charge is 2.24. The Labute approximate surface area is 156 Å². The van der Waals surface area contributed by atoms with Gasteiger partial charge in [0.25, 0.3) is 0 Å². The number of benzene rings is 1. The number of rotatable bonds is 7. The predicted molar refractivity (Wildman–Crippen MR) is 105 cm³/mol. The van der Waals surface area contributed by atoms with E-state index in [4.69, 9.17) is 9.26 Å². The number of hydrogen-bond donors (Lipinski definition) is 2. The van der Waals surface area contributed by atoms with E-state index in [0.29, 0.717) is 13.1 Å². The fraction of sp³-hybridized carbons (Fsp3) is 0.500. The first-order valence-corrected chi connectivity index (χ1v) is 9.00. The van der Waals surface area contributed by atoms with Crippen LogP contribution >= 0.6 is 0 Å². The van der Waals surface area contributed by atoms with Crippen LogP contribution in [-0.4, -0.2) is 37.4 Å². The fourth-order valence-corrected chi connectivity index (χ4v) is 2.56. The van der Waals surface area contributed by atoms with E-state index >= 15 is 0 Å². The lowest BCUT2D eigenvalue weighted by Gasteiger charge is -2.30. The molecule has 0 saturated heterocycles. The molecule has 0 amide bonds. The Bertz CT molecular complexity index is 689. The van der Waals surface area contributed by atoms with Gasteiger partial charge in [-0.15, -0.1) is 0 Å². The van der Waals surface area contributed by atoms with E-state index in [9.17, 15) is 0 Å². The zero-order chi connectivity index (χ0) is 19.0. The number of nitrogens with one attached hydrogen (secondary N) is 2. The molecule has 6 nitrogen and oxygen atoms in total. The molecule has 0 radical (unpaired) electrons. The molecule has 1 aromatic heterocycles. The smallest absolute Gasteiger partial charge is 0.191 e. The zero-order valence-electron chi connectivity index (χ0n) is 16.4. The number of methoxy groups -OCH3 is 1. The highest BCUT2D eigenvalue weighted by atomic mass is 16.5. The van der Waals surface area contributed by atoms with Crippen molar-refractivity contribution in [3.63, 3.8) is 0 Å². The molecule has 0 bridgehead atoms. The van der Waals surface area contributed by atoms with Gasteiger partial charge < -0.3 is 19.9 Å². The maximum Gasteiger partial charge on any atom is 0.191 e. The topological polar surface area (TPSA) is 71.7 Å². The largest absolute Gasteiger partial charge is 0.379 e. The second-order valence-corrected chi connectivity index (χ2v) is 7.21. The first-order valence-electron chi connectivity index (χ1n) is 9.00. The lowest BCUT2D eigenvalue weighted by atomic mass is 9.89. The summed E-state index contributed by atoms with van der Waals surface area (Å²) < 4.78 is 11.0. The van der Waals surface area contributed by atoms with E-state index in [1.165, 1.54) is 0 Å². The summed E-state index contributed by atoms with van der Waals surface area (Å²) in [7, 11) is 1.74. The van der Waals surface area contributed by atoms with Crippen LogP contribution in [0.1, 0.15) is 33.4 Å². The van der Waals surface area contributed by atoms with Crippen molar-refractivity contribution in [3.8, 4) is 11.3 Å². The highest BCUT2D eigenvalue weighted by molar-refractivity contribution is 5.79. The van der Waals surface area contributed by atoms with Crippen molar-refractivity contribution in [1.82, 2.24) is 15.8 Å². The van der Waals surface area contributed by atoms with E-state index in [1.807, 2.05) is 43.3 Å². The van der Waals surface area contributed by atoms with Gasteiger partial charge in [0.1, 0.15) is 5.69 Å². The van der Waals surface area contributed by atoms with Crippen molar-refractivity contribution in [1.29, 1.82) is 0 Å². The molecule has 1 unspecified atom stereocenters. The van der Waals surface area contributed by atoms with E-state index in [2.05, 4.69) is 41.6 Å². The number of guanidine groups is 1. The number of aromatic nitrogens is 1. The Morgan fingerprint density at radius 3 is 2.58 bits per heavy atom.